The Bertz CT molecular complexity index is 787. The van der Waals surface area contributed by atoms with Gasteiger partial charge in [-0.3, -0.25) is 0 Å². The zero-order valence-corrected chi connectivity index (χ0v) is 13.2. The van der Waals surface area contributed by atoms with E-state index in [1.165, 1.54) is 17.0 Å². The Labute approximate surface area is 138 Å². The lowest BCUT2D eigenvalue weighted by Crippen LogP contribution is -2.21. The second kappa shape index (κ2) is 7.19. The molecular weight excluding hydrogens is 307 g/mol. The second-order valence-corrected chi connectivity index (χ2v) is 6.17. The third-order valence-corrected chi connectivity index (χ3v) is 4.56. The second-order valence-electron chi connectivity index (χ2n) is 5.19. The van der Waals surface area contributed by atoms with E-state index in [1.807, 2.05) is 47.8 Å². The highest BCUT2D eigenvalue weighted by molar-refractivity contribution is 7.10. The number of nitriles is 1. The van der Waals surface area contributed by atoms with Crippen molar-refractivity contribution in [1.29, 1.82) is 5.26 Å². The monoisotopic (exact) mass is 322 g/mol. The number of thiophene rings is 1. The highest BCUT2D eigenvalue weighted by atomic mass is 32.1. The molecule has 1 atom stereocenters. The van der Waals surface area contributed by atoms with Crippen LogP contribution in [-0.4, -0.2) is 0 Å². The molecule has 0 bridgehead atoms. The molecular formula is C19H15FN2S. The molecule has 114 valence electrons. The Balaban J connectivity index is 1.79. The van der Waals surface area contributed by atoms with Gasteiger partial charge >= 0.3 is 0 Å². The van der Waals surface area contributed by atoms with Gasteiger partial charge in [0.2, 0.25) is 0 Å². The minimum absolute atomic E-state index is 0.0197. The van der Waals surface area contributed by atoms with Crippen molar-refractivity contribution in [2.45, 2.75) is 12.6 Å². The number of nitrogens with zero attached hydrogens (tertiary/aromatic N) is 1. The average Bonchev–Trinajstić information content (AvgIpc) is 3.11. The van der Waals surface area contributed by atoms with Crippen LogP contribution >= 0.6 is 11.3 Å². The molecule has 0 saturated heterocycles. The fourth-order valence-corrected chi connectivity index (χ4v) is 3.24. The lowest BCUT2D eigenvalue weighted by molar-refractivity contribution is 0.604. The van der Waals surface area contributed by atoms with E-state index in [4.69, 9.17) is 5.26 Å². The van der Waals surface area contributed by atoms with Crippen molar-refractivity contribution in [2.75, 3.05) is 0 Å². The summed E-state index contributed by atoms with van der Waals surface area (Å²) in [5.74, 6) is -0.231. The fraction of sp³-hybridized carbons (Fsp3) is 0.105. The van der Waals surface area contributed by atoms with E-state index in [0.29, 0.717) is 12.1 Å². The van der Waals surface area contributed by atoms with E-state index >= 15 is 0 Å². The van der Waals surface area contributed by atoms with Crippen LogP contribution in [0.5, 0.6) is 0 Å². The lowest BCUT2D eigenvalue weighted by atomic mass is 10.0. The van der Waals surface area contributed by atoms with E-state index < -0.39 is 0 Å². The van der Waals surface area contributed by atoms with E-state index in [2.05, 4.69) is 17.5 Å². The van der Waals surface area contributed by atoms with Crippen LogP contribution < -0.4 is 5.32 Å². The molecule has 0 saturated carbocycles. The van der Waals surface area contributed by atoms with Gasteiger partial charge in [-0.15, -0.1) is 11.3 Å². The highest BCUT2D eigenvalue weighted by Crippen LogP contribution is 2.26. The maximum atomic E-state index is 13.2. The number of benzene rings is 2. The van der Waals surface area contributed by atoms with Gasteiger partial charge in [0.15, 0.2) is 0 Å². The molecule has 0 radical (unpaired) electrons. The number of halogens is 1. The summed E-state index contributed by atoms with van der Waals surface area (Å²) in [5, 5.41) is 14.4. The first-order chi connectivity index (χ1) is 11.3. The van der Waals surface area contributed by atoms with Crippen LogP contribution in [0.4, 0.5) is 4.39 Å². The molecule has 0 aliphatic heterocycles. The smallest absolute Gasteiger partial charge is 0.123 e. The van der Waals surface area contributed by atoms with Gasteiger partial charge in [0.05, 0.1) is 17.7 Å². The summed E-state index contributed by atoms with van der Waals surface area (Å²) >= 11 is 1.67. The zero-order chi connectivity index (χ0) is 16.1. The predicted molar refractivity (Wildman–Crippen MR) is 90.6 cm³/mol. The number of hydrogen-bond acceptors (Lipinski definition) is 3. The largest absolute Gasteiger partial charge is 0.301 e. The standard InChI is InChI=1S/C19H15FN2S/c20-17-9-7-16(8-10-17)19(18-2-1-11-23-18)22-13-15-5-3-14(12-21)4-6-15/h1-11,19,22H,13H2/t19-/m0/s1. The van der Waals surface area contributed by atoms with Gasteiger partial charge in [-0.25, -0.2) is 4.39 Å². The Morgan fingerprint density at radius 1 is 1.04 bits per heavy atom. The van der Waals surface area contributed by atoms with Gasteiger partial charge in [0.1, 0.15) is 5.82 Å². The molecule has 2 nitrogen and oxygen atoms in total. The summed E-state index contributed by atoms with van der Waals surface area (Å²) in [7, 11) is 0. The molecule has 2 aromatic carbocycles. The van der Waals surface area contributed by atoms with Crippen molar-refractivity contribution < 1.29 is 4.39 Å². The highest BCUT2D eigenvalue weighted by Gasteiger charge is 2.14. The first-order valence-corrected chi connectivity index (χ1v) is 8.15. The molecule has 23 heavy (non-hydrogen) atoms. The Kier molecular flexibility index (Phi) is 4.82. The van der Waals surface area contributed by atoms with Crippen molar-refractivity contribution in [3.63, 3.8) is 0 Å². The van der Waals surface area contributed by atoms with Crippen LogP contribution in [0, 0.1) is 17.1 Å². The normalized spacial score (nSPS) is 11.8. The van der Waals surface area contributed by atoms with Crippen molar-refractivity contribution in [3.8, 4) is 6.07 Å². The lowest BCUT2D eigenvalue weighted by Gasteiger charge is -2.18. The third kappa shape index (κ3) is 3.84. The van der Waals surface area contributed by atoms with Crippen LogP contribution in [0.15, 0.2) is 66.0 Å². The molecule has 1 heterocycles. The molecule has 3 rings (SSSR count). The van der Waals surface area contributed by atoms with E-state index in [-0.39, 0.29) is 11.9 Å². The molecule has 0 unspecified atom stereocenters. The summed E-state index contributed by atoms with van der Waals surface area (Å²) in [6, 6.07) is 20.3. The predicted octanol–water partition coefficient (Wildman–Crippen LogP) is 4.64. The molecule has 3 aromatic rings. The SMILES string of the molecule is N#Cc1ccc(CN[C@@H](c2ccc(F)cc2)c2cccs2)cc1. The average molecular weight is 322 g/mol. The Hall–Kier alpha value is -2.48. The maximum absolute atomic E-state index is 13.2. The van der Waals surface area contributed by atoms with Gasteiger partial charge in [-0.2, -0.15) is 5.26 Å². The zero-order valence-electron chi connectivity index (χ0n) is 12.4. The summed E-state index contributed by atoms with van der Waals surface area (Å²) in [4.78, 5) is 1.19. The van der Waals surface area contributed by atoms with Crippen molar-refractivity contribution >= 4 is 11.3 Å². The molecule has 1 N–H and O–H groups in total. The van der Waals surface area contributed by atoms with Gasteiger partial charge in [-0.1, -0.05) is 30.3 Å². The summed E-state index contributed by atoms with van der Waals surface area (Å²) in [5.41, 5.74) is 2.79. The Morgan fingerprint density at radius 3 is 2.39 bits per heavy atom. The van der Waals surface area contributed by atoms with Gasteiger partial charge in [0, 0.05) is 11.4 Å². The summed E-state index contributed by atoms with van der Waals surface area (Å²) in [6.45, 7) is 0.672. The van der Waals surface area contributed by atoms with Crippen LogP contribution in [0.2, 0.25) is 0 Å². The molecule has 0 amide bonds. The topological polar surface area (TPSA) is 35.8 Å². The van der Waals surface area contributed by atoms with Crippen LogP contribution in [0.25, 0.3) is 0 Å². The molecule has 0 aliphatic rings. The maximum Gasteiger partial charge on any atom is 0.123 e. The van der Waals surface area contributed by atoms with Gasteiger partial charge in [0.25, 0.3) is 0 Å². The summed E-state index contributed by atoms with van der Waals surface area (Å²) in [6.07, 6.45) is 0. The quantitative estimate of drug-likeness (QED) is 0.743. The van der Waals surface area contributed by atoms with E-state index in [9.17, 15) is 4.39 Å². The summed E-state index contributed by atoms with van der Waals surface area (Å²) < 4.78 is 13.2. The van der Waals surface area contributed by atoms with Crippen LogP contribution in [0.1, 0.15) is 27.6 Å². The van der Waals surface area contributed by atoms with Crippen LogP contribution in [0.3, 0.4) is 0 Å². The van der Waals surface area contributed by atoms with Gasteiger partial charge in [-0.05, 0) is 46.8 Å². The van der Waals surface area contributed by atoms with E-state index in [1.54, 1.807) is 11.3 Å². The van der Waals surface area contributed by atoms with Crippen molar-refractivity contribution in [2.24, 2.45) is 0 Å². The minimum atomic E-state index is -0.231. The minimum Gasteiger partial charge on any atom is -0.301 e. The molecule has 0 fully saturated rings. The number of nitrogens with one attached hydrogen (secondary N) is 1. The van der Waals surface area contributed by atoms with Crippen molar-refractivity contribution in [1.82, 2.24) is 5.32 Å². The first kappa shape index (κ1) is 15.4. The number of rotatable bonds is 5. The number of hydrogen-bond donors (Lipinski definition) is 1. The molecule has 4 heteroatoms. The molecule has 0 spiro atoms. The fourth-order valence-electron chi connectivity index (χ4n) is 2.41. The Morgan fingerprint density at radius 2 is 1.78 bits per heavy atom. The van der Waals surface area contributed by atoms with E-state index in [0.717, 1.165) is 11.1 Å². The first-order valence-electron chi connectivity index (χ1n) is 7.27. The third-order valence-electron chi connectivity index (χ3n) is 3.62. The van der Waals surface area contributed by atoms with Crippen molar-refractivity contribution in [3.05, 3.63) is 93.4 Å². The van der Waals surface area contributed by atoms with Crippen LogP contribution in [-0.2, 0) is 6.54 Å². The van der Waals surface area contributed by atoms with Gasteiger partial charge < -0.3 is 5.32 Å². The molecule has 1 aromatic heterocycles. The molecule has 0 aliphatic carbocycles.